The van der Waals surface area contributed by atoms with E-state index in [1.807, 2.05) is 6.92 Å². The summed E-state index contributed by atoms with van der Waals surface area (Å²) in [4.78, 5) is 0. The van der Waals surface area contributed by atoms with E-state index in [1.165, 1.54) is 0 Å². The van der Waals surface area contributed by atoms with Crippen LogP contribution in [0.25, 0.3) is 0 Å². The summed E-state index contributed by atoms with van der Waals surface area (Å²) in [7, 11) is -3.32. The van der Waals surface area contributed by atoms with E-state index in [0.29, 0.717) is 19.1 Å². The summed E-state index contributed by atoms with van der Waals surface area (Å²) in [6.07, 6.45) is 1.78. The molecule has 1 aliphatic rings. The molecule has 0 aromatic carbocycles. The lowest BCUT2D eigenvalue weighted by Crippen LogP contribution is -2.41. The Morgan fingerprint density at radius 1 is 1.47 bits per heavy atom. The van der Waals surface area contributed by atoms with Gasteiger partial charge in [0.25, 0.3) is 0 Å². The van der Waals surface area contributed by atoms with E-state index in [0.717, 1.165) is 12.8 Å². The Balaban J connectivity index is 2.43. The third kappa shape index (κ3) is 4.46. The highest BCUT2D eigenvalue weighted by atomic mass is 32.2. The van der Waals surface area contributed by atoms with Crippen LogP contribution in [0.1, 0.15) is 19.8 Å². The second kappa shape index (κ2) is 5.79. The van der Waals surface area contributed by atoms with Gasteiger partial charge in [0.1, 0.15) is 0 Å². The third-order valence-electron chi connectivity index (χ3n) is 2.70. The molecule has 1 rings (SSSR count). The van der Waals surface area contributed by atoms with Crippen molar-refractivity contribution in [3.63, 3.8) is 0 Å². The van der Waals surface area contributed by atoms with E-state index in [2.05, 4.69) is 4.72 Å². The van der Waals surface area contributed by atoms with Crippen molar-refractivity contribution in [2.24, 2.45) is 5.92 Å². The van der Waals surface area contributed by atoms with Gasteiger partial charge in [-0.15, -0.1) is 0 Å². The monoisotopic (exact) mass is 237 g/mol. The van der Waals surface area contributed by atoms with Gasteiger partial charge in [0, 0.05) is 19.3 Å². The van der Waals surface area contributed by atoms with Gasteiger partial charge >= 0.3 is 0 Å². The van der Waals surface area contributed by atoms with Crippen LogP contribution in [0.15, 0.2) is 0 Å². The van der Waals surface area contributed by atoms with Crippen molar-refractivity contribution in [2.75, 3.05) is 25.6 Å². The average molecular weight is 237 g/mol. The number of rotatable bonds is 5. The molecule has 0 aromatic rings. The molecule has 1 unspecified atom stereocenters. The quantitative estimate of drug-likeness (QED) is 0.689. The minimum Gasteiger partial charge on any atom is -0.395 e. The molecule has 0 bridgehead atoms. The summed E-state index contributed by atoms with van der Waals surface area (Å²) in [6.45, 7) is 2.94. The number of hydrogen-bond donors (Lipinski definition) is 2. The first-order valence-corrected chi connectivity index (χ1v) is 6.89. The van der Waals surface area contributed by atoms with Gasteiger partial charge in [-0.05, 0) is 25.7 Å². The molecule has 2 N–H and O–H groups in total. The zero-order chi connectivity index (χ0) is 11.3. The fourth-order valence-electron chi connectivity index (χ4n) is 1.77. The first-order valence-electron chi connectivity index (χ1n) is 5.24. The zero-order valence-corrected chi connectivity index (χ0v) is 9.79. The van der Waals surface area contributed by atoms with Crippen LogP contribution >= 0.6 is 0 Å². The van der Waals surface area contributed by atoms with Crippen LogP contribution in [0, 0.1) is 5.92 Å². The zero-order valence-electron chi connectivity index (χ0n) is 8.98. The second-order valence-corrected chi connectivity index (χ2v) is 5.77. The first-order chi connectivity index (χ1) is 7.05. The predicted octanol–water partition coefficient (Wildman–Crippen LogP) is -0.287. The number of hydrogen-bond acceptors (Lipinski definition) is 4. The summed E-state index contributed by atoms with van der Waals surface area (Å²) in [5, 5.41) is 8.59. The largest absolute Gasteiger partial charge is 0.395 e. The van der Waals surface area contributed by atoms with Crippen LogP contribution in [0.3, 0.4) is 0 Å². The minimum absolute atomic E-state index is 0.0783. The van der Waals surface area contributed by atoms with Crippen molar-refractivity contribution < 1.29 is 18.3 Å². The fraction of sp³-hybridized carbons (Fsp3) is 1.00. The number of sulfonamides is 1. The topological polar surface area (TPSA) is 75.6 Å². The van der Waals surface area contributed by atoms with Gasteiger partial charge in [-0.2, -0.15) is 0 Å². The molecule has 1 atom stereocenters. The van der Waals surface area contributed by atoms with Crippen molar-refractivity contribution in [3.05, 3.63) is 0 Å². The van der Waals surface area contributed by atoms with Gasteiger partial charge in [0.15, 0.2) is 0 Å². The molecule has 1 saturated heterocycles. The summed E-state index contributed by atoms with van der Waals surface area (Å²) < 4.78 is 30.6. The molecule has 6 heteroatoms. The molecule has 0 amide bonds. The van der Waals surface area contributed by atoms with Crippen LogP contribution in [-0.4, -0.2) is 45.1 Å². The van der Waals surface area contributed by atoms with Gasteiger partial charge in [-0.1, -0.05) is 0 Å². The maximum absolute atomic E-state index is 11.4. The van der Waals surface area contributed by atoms with Crippen molar-refractivity contribution in [1.29, 1.82) is 0 Å². The van der Waals surface area contributed by atoms with Gasteiger partial charge < -0.3 is 9.84 Å². The molecule has 0 aliphatic carbocycles. The fourth-order valence-corrected chi connectivity index (χ4v) is 2.89. The molecule has 90 valence electrons. The third-order valence-corrected chi connectivity index (χ3v) is 4.15. The predicted molar refractivity (Wildman–Crippen MR) is 57.0 cm³/mol. The maximum atomic E-state index is 11.4. The molecule has 0 saturated carbocycles. The van der Waals surface area contributed by atoms with E-state index in [9.17, 15) is 8.42 Å². The van der Waals surface area contributed by atoms with Gasteiger partial charge in [0.2, 0.25) is 10.0 Å². The standard InChI is InChI=1S/C9H19NO4S/c1-8(9-2-5-14-6-3-9)10-15(12,13)7-4-11/h8-11H,2-7H2,1H3. The molecule has 15 heavy (non-hydrogen) atoms. The molecule has 1 fully saturated rings. The normalized spacial score (nSPS) is 21.5. The van der Waals surface area contributed by atoms with E-state index in [-0.39, 0.29) is 18.4 Å². The van der Waals surface area contributed by atoms with Crippen molar-refractivity contribution in [3.8, 4) is 0 Å². The van der Waals surface area contributed by atoms with Crippen molar-refractivity contribution in [2.45, 2.75) is 25.8 Å². The first kappa shape index (κ1) is 12.9. The lowest BCUT2D eigenvalue weighted by Gasteiger charge is -2.28. The highest BCUT2D eigenvalue weighted by Gasteiger charge is 2.23. The summed E-state index contributed by atoms with van der Waals surface area (Å²) in [5.74, 6) is 0.118. The van der Waals surface area contributed by atoms with Gasteiger partial charge in [0.05, 0.1) is 12.4 Å². The number of ether oxygens (including phenoxy) is 1. The Hall–Kier alpha value is -0.170. The van der Waals surface area contributed by atoms with E-state index in [4.69, 9.17) is 9.84 Å². The smallest absolute Gasteiger partial charge is 0.214 e. The van der Waals surface area contributed by atoms with Crippen LogP contribution in [-0.2, 0) is 14.8 Å². The maximum Gasteiger partial charge on any atom is 0.214 e. The lowest BCUT2D eigenvalue weighted by atomic mass is 9.94. The van der Waals surface area contributed by atoms with E-state index < -0.39 is 10.0 Å². The Labute approximate surface area is 90.9 Å². The molecule has 0 spiro atoms. The molecular weight excluding hydrogens is 218 g/mol. The van der Waals surface area contributed by atoms with Crippen LogP contribution < -0.4 is 4.72 Å². The average Bonchev–Trinajstić information content (AvgIpc) is 2.18. The molecule has 1 aliphatic heterocycles. The van der Waals surface area contributed by atoms with Crippen LogP contribution in [0.2, 0.25) is 0 Å². The lowest BCUT2D eigenvalue weighted by molar-refractivity contribution is 0.0585. The highest BCUT2D eigenvalue weighted by molar-refractivity contribution is 7.89. The molecular formula is C9H19NO4S. The SMILES string of the molecule is CC(NS(=O)(=O)CCO)C1CCOCC1. The van der Waals surface area contributed by atoms with E-state index >= 15 is 0 Å². The Morgan fingerprint density at radius 2 is 2.07 bits per heavy atom. The summed E-state index contributed by atoms with van der Waals surface area (Å²) in [5.41, 5.74) is 0. The van der Waals surface area contributed by atoms with Crippen LogP contribution in [0.5, 0.6) is 0 Å². The summed E-state index contributed by atoms with van der Waals surface area (Å²) >= 11 is 0. The number of aliphatic hydroxyl groups is 1. The highest BCUT2D eigenvalue weighted by Crippen LogP contribution is 2.18. The number of nitrogens with one attached hydrogen (secondary N) is 1. The van der Waals surface area contributed by atoms with Crippen molar-refractivity contribution in [1.82, 2.24) is 4.72 Å². The minimum atomic E-state index is -3.32. The van der Waals surface area contributed by atoms with E-state index in [1.54, 1.807) is 0 Å². The molecule has 5 nitrogen and oxygen atoms in total. The molecule has 0 aromatic heterocycles. The Bertz CT molecular complexity index is 272. The molecule has 0 radical (unpaired) electrons. The Kier molecular flexibility index (Phi) is 4.98. The summed E-state index contributed by atoms with van der Waals surface area (Å²) in [6, 6.07) is -0.0783. The second-order valence-electron chi connectivity index (χ2n) is 3.90. The number of aliphatic hydroxyl groups excluding tert-OH is 1. The van der Waals surface area contributed by atoms with Gasteiger partial charge in [-0.3, -0.25) is 0 Å². The Morgan fingerprint density at radius 3 is 2.60 bits per heavy atom. The molecule has 1 heterocycles. The van der Waals surface area contributed by atoms with Crippen LogP contribution in [0.4, 0.5) is 0 Å². The van der Waals surface area contributed by atoms with Gasteiger partial charge in [-0.25, -0.2) is 13.1 Å². The van der Waals surface area contributed by atoms with Crippen molar-refractivity contribution >= 4 is 10.0 Å².